The summed E-state index contributed by atoms with van der Waals surface area (Å²) in [4.78, 5) is 27.6. The third kappa shape index (κ3) is 2.46. The molecular formula is C18H27NO5. The van der Waals surface area contributed by atoms with E-state index in [0.717, 1.165) is 25.9 Å². The first-order chi connectivity index (χ1) is 11.3. The van der Waals surface area contributed by atoms with E-state index in [1.165, 1.54) is 0 Å². The maximum absolute atomic E-state index is 12.7. The van der Waals surface area contributed by atoms with E-state index in [2.05, 4.69) is 4.90 Å². The first kappa shape index (κ1) is 16.3. The largest absolute Gasteiger partial charge is 0.463 e. The van der Waals surface area contributed by atoms with Gasteiger partial charge in [-0.05, 0) is 45.6 Å². The monoisotopic (exact) mass is 337 g/mol. The molecule has 4 saturated heterocycles. The number of nitrogens with zero attached hydrogens (tertiary/aromatic N) is 1. The molecule has 6 nitrogen and oxygen atoms in total. The van der Waals surface area contributed by atoms with Crippen LogP contribution in [0.5, 0.6) is 0 Å². The first-order valence-electron chi connectivity index (χ1n) is 9.12. The Morgan fingerprint density at radius 1 is 1.17 bits per heavy atom. The lowest BCUT2D eigenvalue weighted by atomic mass is 9.86. The van der Waals surface area contributed by atoms with Crippen LogP contribution in [-0.2, 0) is 23.8 Å². The molecular weight excluding hydrogens is 310 g/mol. The second kappa shape index (κ2) is 5.43. The molecule has 0 radical (unpaired) electrons. The Hall–Kier alpha value is -1.14. The number of fused-ring (bicyclic) bond motifs is 2. The number of rotatable bonds is 0. The van der Waals surface area contributed by atoms with Crippen LogP contribution < -0.4 is 0 Å². The summed E-state index contributed by atoms with van der Waals surface area (Å²) in [5.74, 6) is -0.260. The first-order valence-corrected chi connectivity index (χ1v) is 9.12. The number of hydrogen-bond acceptors (Lipinski definition) is 6. The highest BCUT2D eigenvalue weighted by atomic mass is 16.6. The fraction of sp³-hybridized carbons (Fsp3) is 0.889. The highest BCUT2D eigenvalue weighted by Crippen LogP contribution is 2.46. The number of carbonyl (C=O) groups is 2. The molecule has 6 atom stereocenters. The van der Waals surface area contributed by atoms with E-state index in [0.29, 0.717) is 13.0 Å². The Kier molecular flexibility index (Phi) is 3.69. The average molecular weight is 337 g/mol. The van der Waals surface area contributed by atoms with Crippen LogP contribution in [-0.4, -0.2) is 59.9 Å². The van der Waals surface area contributed by atoms with Crippen LogP contribution in [0.3, 0.4) is 0 Å². The molecule has 6 heteroatoms. The van der Waals surface area contributed by atoms with Gasteiger partial charge in [0.1, 0.15) is 6.10 Å². The fourth-order valence-corrected chi connectivity index (χ4v) is 5.21. The van der Waals surface area contributed by atoms with Crippen LogP contribution in [0.2, 0.25) is 0 Å². The van der Waals surface area contributed by atoms with Gasteiger partial charge in [-0.1, -0.05) is 6.92 Å². The van der Waals surface area contributed by atoms with Crippen molar-refractivity contribution in [2.45, 2.75) is 69.8 Å². The van der Waals surface area contributed by atoms with Crippen LogP contribution in [0, 0.1) is 11.8 Å². The van der Waals surface area contributed by atoms with E-state index < -0.39 is 11.2 Å². The Balaban J connectivity index is 1.63. The molecule has 0 unspecified atom stereocenters. The summed E-state index contributed by atoms with van der Waals surface area (Å²) >= 11 is 0. The Labute approximate surface area is 142 Å². The van der Waals surface area contributed by atoms with E-state index in [1.54, 1.807) is 6.92 Å². The number of esters is 2. The van der Waals surface area contributed by atoms with E-state index in [9.17, 15) is 9.59 Å². The van der Waals surface area contributed by atoms with E-state index in [-0.39, 0.29) is 42.3 Å². The number of cyclic esters (lactones) is 1. The third-order valence-electron chi connectivity index (χ3n) is 6.55. The molecule has 0 spiro atoms. The van der Waals surface area contributed by atoms with Crippen molar-refractivity contribution >= 4 is 11.9 Å². The van der Waals surface area contributed by atoms with Gasteiger partial charge < -0.3 is 14.2 Å². The summed E-state index contributed by atoms with van der Waals surface area (Å²) in [6.07, 6.45) is 2.60. The fourth-order valence-electron chi connectivity index (χ4n) is 5.21. The van der Waals surface area contributed by atoms with Crippen molar-refractivity contribution in [3.8, 4) is 0 Å². The summed E-state index contributed by atoms with van der Waals surface area (Å²) in [6, 6.07) is 0.192. The summed E-state index contributed by atoms with van der Waals surface area (Å²) < 4.78 is 17.6. The van der Waals surface area contributed by atoms with Gasteiger partial charge in [0.15, 0.2) is 5.60 Å². The van der Waals surface area contributed by atoms with Crippen molar-refractivity contribution in [1.29, 1.82) is 0 Å². The van der Waals surface area contributed by atoms with Crippen molar-refractivity contribution in [3.05, 3.63) is 0 Å². The van der Waals surface area contributed by atoms with Gasteiger partial charge in [0.05, 0.1) is 24.7 Å². The van der Waals surface area contributed by atoms with Gasteiger partial charge in [-0.2, -0.15) is 0 Å². The molecule has 4 heterocycles. The van der Waals surface area contributed by atoms with E-state index >= 15 is 0 Å². The molecule has 4 fully saturated rings. The molecule has 2 bridgehead atoms. The summed E-state index contributed by atoms with van der Waals surface area (Å²) in [6.45, 7) is 8.01. The maximum Gasteiger partial charge on any atom is 0.338 e. The Morgan fingerprint density at radius 3 is 2.71 bits per heavy atom. The Bertz CT molecular complexity index is 566. The predicted molar refractivity (Wildman–Crippen MR) is 85.2 cm³/mol. The number of hydrogen-bond donors (Lipinski definition) is 0. The highest BCUT2D eigenvalue weighted by Gasteiger charge is 2.56. The van der Waals surface area contributed by atoms with Gasteiger partial charge in [0.25, 0.3) is 0 Å². The molecule has 0 aromatic heterocycles. The lowest BCUT2D eigenvalue weighted by molar-refractivity contribution is -0.187. The van der Waals surface area contributed by atoms with Crippen molar-refractivity contribution in [1.82, 2.24) is 4.90 Å². The molecule has 0 amide bonds. The molecule has 0 saturated carbocycles. The van der Waals surface area contributed by atoms with E-state index in [4.69, 9.17) is 14.2 Å². The van der Waals surface area contributed by atoms with Gasteiger partial charge in [0.2, 0.25) is 0 Å². The second-order valence-corrected chi connectivity index (χ2v) is 8.43. The zero-order valence-corrected chi connectivity index (χ0v) is 14.7. The van der Waals surface area contributed by atoms with Crippen LogP contribution >= 0.6 is 0 Å². The molecule has 4 aliphatic heterocycles. The van der Waals surface area contributed by atoms with Gasteiger partial charge in [-0.15, -0.1) is 0 Å². The highest BCUT2D eigenvalue weighted by molar-refractivity contribution is 5.80. The summed E-state index contributed by atoms with van der Waals surface area (Å²) in [5.41, 5.74) is -1.65. The summed E-state index contributed by atoms with van der Waals surface area (Å²) in [5, 5.41) is 0. The molecule has 134 valence electrons. The van der Waals surface area contributed by atoms with Crippen LogP contribution in [0.15, 0.2) is 0 Å². The molecule has 4 aliphatic rings. The molecule has 4 rings (SSSR count). The minimum Gasteiger partial charge on any atom is -0.463 e. The molecule has 0 N–H and O–H groups in total. The smallest absolute Gasteiger partial charge is 0.338 e. The van der Waals surface area contributed by atoms with Crippen molar-refractivity contribution in [2.24, 2.45) is 11.8 Å². The molecule has 0 aliphatic carbocycles. The molecule has 24 heavy (non-hydrogen) atoms. The summed E-state index contributed by atoms with van der Waals surface area (Å²) in [7, 11) is 0. The lowest BCUT2D eigenvalue weighted by Gasteiger charge is -2.32. The van der Waals surface area contributed by atoms with Gasteiger partial charge in [-0.3, -0.25) is 9.69 Å². The van der Waals surface area contributed by atoms with Gasteiger partial charge in [-0.25, -0.2) is 4.79 Å². The van der Waals surface area contributed by atoms with Gasteiger partial charge in [0, 0.05) is 12.5 Å². The SMILES string of the molecule is C[C@@H]1C[C@]2(C)CC(=O)O[C@@H]3CCN4CC[C@H](COC(=O)[C@@]1(C)O2)[C@H]34. The number of ether oxygens (including phenoxy) is 3. The standard InChI is InChI=1S/C18H27NO5/c1-11-8-17(2)9-14(20)23-13-5-7-19-6-4-12(15(13)19)10-22-16(21)18(11,3)24-17/h11-13,15H,4-10H2,1-3H3/t11-,12-,13-,15-,17-,18+/m1/s1. The zero-order chi connectivity index (χ0) is 17.1. The minimum atomic E-state index is -0.985. The van der Waals surface area contributed by atoms with Crippen LogP contribution in [0.1, 0.15) is 46.5 Å². The minimum absolute atomic E-state index is 0.00290. The lowest BCUT2D eigenvalue weighted by Crippen LogP contribution is -2.46. The molecule has 0 aromatic carbocycles. The van der Waals surface area contributed by atoms with Crippen molar-refractivity contribution < 1.29 is 23.8 Å². The van der Waals surface area contributed by atoms with Crippen LogP contribution in [0.25, 0.3) is 0 Å². The average Bonchev–Trinajstić information content (AvgIpc) is 3.11. The quantitative estimate of drug-likeness (QED) is 0.625. The molecule has 0 aromatic rings. The third-order valence-corrected chi connectivity index (χ3v) is 6.55. The van der Waals surface area contributed by atoms with Gasteiger partial charge >= 0.3 is 11.9 Å². The topological polar surface area (TPSA) is 65.1 Å². The van der Waals surface area contributed by atoms with E-state index in [1.807, 2.05) is 13.8 Å². The predicted octanol–water partition coefficient (Wildman–Crippen LogP) is 1.51. The van der Waals surface area contributed by atoms with Crippen LogP contribution in [0.4, 0.5) is 0 Å². The zero-order valence-electron chi connectivity index (χ0n) is 14.7. The van der Waals surface area contributed by atoms with Crippen molar-refractivity contribution in [2.75, 3.05) is 19.7 Å². The maximum atomic E-state index is 12.7. The normalized spacial score (nSPS) is 49.1. The Morgan fingerprint density at radius 2 is 1.92 bits per heavy atom. The number of carbonyl (C=O) groups excluding carboxylic acids is 2. The van der Waals surface area contributed by atoms with Crippen molar-refractivity contribution in [3.63, 3.8) is 0 Å². The second-order valence-electron chi connectivity index (χ2n) is 8.43.